The first-order valence-electron chi connectivity index (χ1n) is 4.26. The second-order valence-electron chi connectivity index (χ2n) is 2.83. The van der Waals surface area contributed by atoms with Crippen LogP contribution in [0.1, 0.15) is 5.56 Å². The van der Waals surface area contributed by atoms with Gasteiger partial charge in [0, 0.05) is 24.5 Å². The van der Waals surface area contributed by atoms with Crippen LogP contribution in [0, 0.1) is 0 Å². The van der Waals surface area contributed by atoms with Gasteiger partial charge in [-0.1, -0.05) is 6.58 Å². The highest BCUT2D eigenvalue weighted by molar-refractivity contribution is 5.31. The molecular weight excluding hydrogens is 178 g/mol. The molecule has 0 saturated carbocycles. The Labute approximate surface area is 81.5 Å². The lowest BCUT2D eigenvalue weighted by atomic mass is 10.3. The molecule has 72 valence electrons. The lowest BCUT2D eigenvalue weighted by molar-refractivity contribution is 0.936. The minimum Gasteiger partial charge on any atom is -0.366 e. The molecule has 2 aromatic rings. The summed E-state index contributed by atoms with van der Waals surface area (Å²) < 4.78 is 1.67. The summed E-state index contributed by atoms with van der Waals surface area (Å²) in [5, 5.41) is 7.24. The van der Waals surface area contributed by atoms with Crippen molar-refractivity contribution < 1.29 is 0 Å². The third kappa shape index (κ3) is 1.82. The van der Waals surface area contributed by atoms with Crippen molar-refractivity contribution in [2.45, 2.75) is 6.54 Å². The van der Waals surface area contributed by atoms with Crippen molar-refractivity contribution in [1.82, 2.24) is 19.7 Å². The van der Waals surface area contributed by atoms with Crippen LogP contribution >= 0.6 is 0 Å². The monoisotopic (exact) mass is 189 g/mol. The van der Waals surface area contributed by atoms with E-state index in [1.165, 1.54) is 0 Å². The highest BCUT2D eigenvalue weighted by Crippen LogP contribution is 2.03. The number of nitrogens with one attached hydrogen (secondary N) is 2. The lowest BCUT2D eigenvalue weighted by Gasteiger charge is -1.98. The fourth-order valence-electron chi connectivity index (χ4n) is 1.12. The zero-order chi connectivity index (χ0) is 9.80. The van der Waals surface area contributed by atoms with Gasteiger partial charge in [0.2, 0.25) is 0 Å². The first kappa shape index (κ1) is 8.55. The Balaban J connectivity index is 1.95. The van der Waals surface area contributed by atoms with Crippen molar-refractivity contribution in [1.29, 1.82) is 0 Å². The zero-order valence-corrected chi connectivity index (χ0v) is 7.64. The number of aromatic nitrogens is 4. The van der Waals surface area contributed by atoms with Crippen LogP contribution in [0.2, 0.25) is 0 Å². The number of hydrogen-bond acceptors (Lipinski definition) is 3. The average Bonchev–Trinajstić information content (AvgIpc) is 2.86. The van der Waals surface area contributed by atoms with Gasteiger partial charge >= 0.3 is 0 Å². The van der Waals surface area contributed by atoms with Gasteiger partial charge in [-0.05, 0) is 0 Å². The minimum atomic E-state index is 0.718. The second-order valence-corrected chi connectivity index (χ2v) is 2.83. The van der Waals surface area contributed by atoms with Crippen molar-refractivity contribution in [3.63, 3.8) is 0 Å². The fourth-order valence-corrected chi connectivity index (χ4v) is 1.12. The van der Waals surface area contributed by atoms with Crippen LogP contribution in [-0.4, -0.2) is 19.7 Å². The molecule has 0 unspecified atom stereocenters. The molecule has 2 aromatic heterocycles. The van der Waals surface area contributed by atoms with Crippen LogP contribution in [0.5, 0.6) is 0 Å². The molecule has 5 heteroatoms. The summed E-state index contributed by atoms with van der Waals surface area (Å²) in [6.07, 6.45) is 8.73. The largest absolute Gasteiger partial charge is 0.366 e. The normalized spacial score (nSPS) is 10.0. The summed E-state index contributed by atoms with van der Waals surface area (Å²) >= 11 is 0. The second kappa shape index (κ2) is 3.78. The topological polar surface area (TPSA) is 58.5 Å². The minimum absolute atomic E-state index is 0.718. The number of H-pyrrole nitrogens is 1. The summed E-state index contributed by atoms with van der Waals surface area (Å²) in [4.78, 5) is 6.86. The van der Waals surface area contributed by atoms with E-state index in [2.05, 4.69) is 27.0 Å². The van der Waals surface area contributed by atoms with Crippen LogP contribution in [0.3, 0.4) is 0 Å². The van der Waals surface area contributed by atoms with Crippen LogP contribution < -0.4 is 5.32 Å². The van der Waals surface area contributed by atoms with E-state index in [9.17, 15) is 0 Å². The molecule has 14 heavy (non-hydrogen) atoms. The van der Waals surface area contributed by atoms with E-state index in [-0.39, 0.29) is 0 Å². The number of nitrogens with zero attached hydrogens (tertiary/aromatic N) is 3. The number of imidazole rings is 1. The van der Waals surface area contributed by atoms with Crippen LogP contribution in [0.25, 0.3) is 6.20 Å². The fraction of sp³-hybridized carbons (Fsp3) is 0.111. The van der Waals surface area contributed by atoms with Gasteiger partial charge in [0.05, 0.1) is 18.7 Å². The van der Waals surface area contributed by atoms with Crippen LogP contribution in [-0.2, 0) is 6.54 Å². The maximum absolute atomic E-state index is 4.07. The number of anilines is 1. The molecule has 2 N–H and O–H groups in total. The molecule has 0 saturated heterocycles. The number of hydrogen-bond donors (Lipinski definition) is 2. The molecule has 0 fully saturated rings. The van der Waals surface area contributed by atoms with E-state index in [1.54, 1.807) is 29.6 Å². The molecule has 0 aliphatic heterocycles. The average molecular weight is 189 g/mol. The van der Waals surface area contributed by atoms with Gasteiger partial charge in [-0.3, -0.25) is 0 Å². The summed E-state index contributed by atoms with van der Waals surface area (Å²) in [5.74, 6) is 0.899. The predicted octanol–water partition coefficient (Wildman–Crippen LogP) is 1.32. The maximum atomic E-state index is 4.07. The quantitative estimate of drug-likeness (QED) is 0.762. The van der Waals surface area contributed by atoms with Gasteiger partial charge in [0.1, 0.15) is 5.82 Å². The summed E-state index contributed by atoms with van der Waals surface area (Å²) in [7, 11) is 0. The summed E-state index contributed by atoms with van der Waals surface area (Å²) in [5.41, 5.74) is 1.10. The third-order valence-electron chi connectivity index (χ3n) is 1.82. The van der Waals surface area contributed by atoms with Crippen molar-refractivity contribution >= 4 is 12.0 Å². The molecule has 0 amide bonds. The standard InChI is InChI=1S/C9H11N5/c1-2-14-6-8(4-13-14)3-11-9-5-10-7-12-9/h2,4-7,11H,1,3H2,(H,10,12). The Morgan fingerprint density at radius 3 is 3.14 bits per heavy atom. The van der Waals surface area contributed by atoms with E-state index in [0.29, 0.717) is 0 Å². The number of aromatic amines is 1. The molecule has 0 aliphatic rings. The Morgan fingerprint density at radius 1 is 1.57 bits per heavy atom. The van der Waals surface area contributed by atoms with E-state index in [1.807, 2.05) is 6.20 Å². The van der Waals surface area contributed by atoms with Crippen molar-refractivity contribution in [3.05, 3.63) is 37.1 Å². The molecule has 2 heterocycles. The Hall–Kier alpha value is -2.04. The van der Waals surface area contributed by atoms with E-state index in [4.69, 9.17) is 0 Å². The zero-order valence-electron chi connectivity index (χ0n) is 7.64. The van der Waals surface area contributed by atoms with E-state index < -0.39 is 0 Å². The highest BCUT2D eigenvalue weighted by Gasteiger charge is 1.96. The predicted molar refractivity (Wildman–Crippen MR) is 54.5 cm³/mol. The summed E-state index contributed by atoms with van der Waals surface area (Å²) in [6, 6.07) is 0. The summed E-state index contributed by atoms with van der Waals surface area (Å²) in [6.45, 7) is 4.34. The molecule has 0 aromatic carbocycles. The van der Waals surface area contributed by atoms with E-state index >= 15 is 0 Å². The lowest BCUT2D eigenvalue weighted by Crippen LogP contribution is -1.97. The first-order chi connectivity index (χ1) is 6.88. The van der Waals surface area contributed by atoms with Gasteiger partial charge in [-0.15, -0.1) is 0 Å². The Bertz CT molecular complexity index is 401. The maximum Gasteiger partial charge on any atom is 0.123 e. The van der Waals surface area contributed by atoms with Gasteiger partial charge in [-0.2, -0.15) is 5.10 Å². The molecule has 0 bridgehead atoms. The smallest absolute Gasteiger partial charge is 0.123 e. The van der Waals surface area contributed by atoms with Crippen molar-refractivity contribution in [2.75, 3.05) is 5.32 Å². The van der Waals surface area contributed by atoms with Gasteiger partial charge in [0.25, 0.3) is 0 Å². The molecule has 0 spiro atoms. The van der Waals surface area contributed by atoms with Gasteiger partial charge in [0.15, 0.2) is 0 Å². The van der Waals surface area contributed by atoms with Gasteiger partial charge < -0.3 is 10.3 Å². The molecule has 0 aliphatic carbocycles. The Morgan fingerprint density at radius 2 is 2.50 bits per heavy atom. The number of rotatable bonds is 4. The first-order valence-corrected chi connectivity index (χ1v) is 4.26. The van der Waals surface area contributed by atoms with E-state index in [0.717, 1.165) is 17.9 Å². The van der Waals surface area contributed by atoms with Crippen molar-refractivity contribution in [3.8, 4) is 0 Å². The SMILES string of the molecule is C=Cn1cc(CNc2cnc[nH]2)cn1. The van der Waals surface area contributed by atoms with Crippen LogP contribution in [0.15, 0.2) is 31.5 Å². The molecular formula is C9H11N5. The molecule has 0 radical (unpaired) electrons. The van der Waals surface area contributed by atoms with Crippen molar-refractivity contribution in [2.24, 2.45) is 0 Å². The third-order valence-corrected chi connectivity index (χ3v) is 1.82. The molecule has 0 atom stereocenters. The Kier molecular flexibility index (Phi) is 2.31. The van der Waals surface area contributed by atoms with Gasteiger partial charge in [-0.25, -0.2) is 9.67 Å². The molecule has 5 nitrogen and oxygen atoms in total. The highest BCUT2D eigenvalue weighted by atomic mass is 15.2. The van der Waals surface area contributed by atoms with Crippen LogP contribution in [0.4, 0.5) is 5.82 Å². The molecule has 2 rings (SSSR count).